The second-order valence-corrected chi connectivity index (χ2v) is 8.85. The molecule has 0 bridgehead atoms. The Morgan fingerprint density at radius 2 is 2.00 bits per heavy atom. The van der Waals surface area contributed by atoms with Gasteiger partial charge < -0.3 is 9.88 Å². The Morgan fingerprint density at radius 1 is 1.24 bits per heavy atom. The van der Waals surface area contributed by atoms with E-state index >= 15 is 0 Å². The average Bonchev–Trinajstić information content (AvgIpc) is 3.18. The van der Waals surface area contributed by atoms with Gasteiger partial charge >= 0.3 is 0 Å². The van der Waals surface area contributed by atoms with E-state index < -0.39 is 9.84 Å². The fourth-order valence-electron chi connectivity index (χ4n) is 3.69. The summed E-state index contributed by atoms with van der Waals surface area (Å²) >= 11 is 0. The molecule has 132 valence electrons. The molecule has 1 saturated heterocycles. The molecular formula is C18H21N3O3S. The average molecular weight is 359 g/mol. The molecule has 4 rings (SSSR count). The van der Waals surface area contributed by atoms with E-state index in [1.165, 1.54) is 5.41 Å². The van der Waals surface area contributed by atoms with Crippen molar-refractivity contribution in [1.82, 2.24) is 14.9 Å². The largest absolute Gasteiger partial charge is 0.343 e. The second-order valence-electron chi connectivity index (χ2n) is 6.92. The number of aromatic amines is 1. The number of carbonyl (C=O) groups excluding carboxylic acids is 1. The van der Waals surface area contributed by atoms with Crippen LogP contribution in [0.5, 0.6) is 0 Å². The lowest BCUT2D eigenvalue weighted by molar-refractivity contribution is -0.132. The highest BCUT2D eigenvalue weighted by Gasteiger charge is 2.29. The predicted molar refractivity (Wildman–Crippen MR) is 95.7 cm³/mol. The highest BCUT2D eigenvalue weighted by molar-refractivity contribution is 7.94. The van der Waals surface area contributed by atoms with E-state index in [1.807, 2.05) is 29.2 Å². The molecule has 0 saturated carbocycles. The van der Waals surface area contributed by atoms with Gasteiger partial charge in [0.05, 0.1) is 16.8 Å². The number of fused-ring (bicyclic) bond motifs is 1. The minimum atomic E-state index is -3.09. The number of amides is 1. The fourth-order valence-corrected chi connectivity index (χ4v) is 5.09. The quantitative estimate of drug-likeness (QED) is 0.911. The number of carbonyl (C=O) groups is 1. The topological polar surface area (TPSA) is 83.1 Å². The van der Waals surface area contributed by atoms with Crippen LogP contribution in [-0.4, -0.2) is 48.0 Å². The lowest BCUT2D eigenvalue weighted by atomic mass is 9.95. The lowest BCUT2D eigenvalue weighted by Crippen LogP contribution is -2.39. The molecule has 1 atom stereocenters. The number of allylic oxidation sites excluding steroid dienone is 1. The molecule has 0 spiro atoms. The van der Waals surface area contributed by atoms with Crippen molar-refractivity contribution < 1.29 is 13.2 Å². The summed E-state index contributed by atoms with van der Waals surface area (Å²) in [6, 6.07) is 7.99. The summed E-state index contributed by atoms with van der Waals surface area (Å²) in [7, 11) is -3.09. The third-order valence-corrected chi connectivity index (χ3v) is 6.55. The van der Waals surface area contributed by atoms with Crippen LogP contribution >= 0.6 is 0 Å². The molecule has 6 nitrogen and oxygen atoms in total. The Balaban J connectivity index is 1.35. The van der Waals surface area contributed by atoms with E-state index in [1.54, 1.807) is 6.08 Å². The minimum Gasteiger partial charge on any atom is -0.343 e. The summed E-state index contributed by atoms with van der Waals surface area (Å²) in [5.41, 5.74) is 2.02. The Labute approximate surface area is 146 Å². The van der Waals surface area contributed by atoms with Gasteiger partial charge in [-0.05, 0) is 25.0 Å². The first-order valence-corrected chi connectivity index (χ1v) is 10.3. The van der Waals surface area contributed by atoms with Gasteiger partial charge in [-0.25, -0.2) is 13.4 Å². The van der Waals surface area contributed by atoms with E-state index in [0.717, 1.165) is 29.7 Å². The summed E-state index contributed by atoms with van der Waals surface area (Å²) in [6.45, 7) is 1.40. The molecule has 25 heavy (non-hydrogen) atoms. The number of imidazole rings is 1. The van der Waals surface area contributed by atoms with Crippen LogP contribution < -0.4 is 0 Å². The first kappa shape index (κ1) is 16.3. The van der Waals surface area contributed by atoms with Gasteiger partial charge in [-0.15, -0.1) is 0 Å². The molecule has 2 aliphatic rings. The number of nitrogens with one attached hydrogen (secondary N) is 1. The fraction of sp³-hybridized carbons (Fsp3) is 0.444. The SMILES string of the molecule is O=C(C[C@H]1C=CS(=O)(=O)C1)N1CCC(c2nc3ccccc3[nH]2)CC1. The van der Waals surface area contributed by atoms with Crippen LogP contribution in [0.15, 0.2) is 35.7 Å². The molecule has 0 unspecified atom stereocenters. The third-order valence-electron chi connectivity index (χ3n) is 5.08. The molecule has 2 aliphatic heterocycles. The Kier molecular flexibility index (Phi) is 4.11. The molecule has 1 amide bonds. The molecular weight excluding hydrogens is 338 g/mol. The highest BCUT2D eigenvalue weighted by Crippen LogP contribution is 2.28. The smallest absolute Gasteiger partial charge is 0.223 e. The monoisotopic (exact) mass is 359 g/mol. The number of hydrogen-bond donors (Lipinski definition) is 1. The van der Waals surface area contributed by atoms with Crippen LogP contribution in [0.4, 0.5) is 0 Å². The Hall–Kier alpha value is -2.15. The van der Waals surface area contributed by atoms with Crippen LogP contribution in [0, 0.1) is 5.92 Å². The third kappa shape index (κ3) is 3.46. The number of hydrogen-bond acceptors (Lipinski definition) is 4. The molecule has 1 aromatic carbocycles. The number of para-hydroxylation sites is 2. The highest BCUT2D eigenvalue weighted by atomic mass is 32.2. The van der Waals surface area contributed by atoms with E-state index in [4.69, 9.17) is 0 Å². The molecule has 2 aromatic rings. The molecule has 0 radical (unpaired) electrons. The van der Waals surface area contributed by atoms with Crippen molar-refractivity contribution >= 4 is 26.8 Å². The zero-order chi connectivity index (χ0) is 17.4. The minimum absolute atomic E-state index is 0.0507. The van der Waals surface area contributed by atoms with Crippen molar-refractivity contribution in [2.75, 3.05) is 18.8 Å². The van der Waals surface area contributed by atoms with Gasteiger partial charge in [0.2, 0.25) is 5.91 Å². The molecule has 1 N–H and O–H groups in total. The first-order valence-electron chi connectivity index (χ1n) is 8.63. The summed E-state index contributed by atoms with van der Waals surface area (Å²) < 4.78 is 22.9. The van der Waals surface area contributed by atoms with Crippen molar-refractivity contribution in [2.24, 2.45) is 5.92 Å². The standard InChI is InChI=1S/C18H21N3O3S/c22-17(11-13-7-10-25(23,24)12-13)21-8-5-14(6-9-21)18-19-15-3-1-2-4-16(15)20-18/h1-4,7,10,13-14H,5-6,8-9,11-12H2,(H,19,20)/t13-/m1/s1. The number of piperidine rings is 1. The summed E-state index contributed by atoms with van der Waals surface area (Å²) in [4.78, 5) is 22.3. The maximum absolute atomic E-state index is 12.4. The van der Waals surface area contributed by atoms with E-state index in [0.29, 0.717) is 19.0 Å². The Bertz CT molecular complexity index is 891. The van der Waals surface area contributed by atoms with E-state index in [2.05, 4.69) is 9.97 Å². The Morgan fingerprint density at radius 3 is 2.68 bits per heavy atom. The second kappa shape index (κ2) is 6.29. The van der Waals surface area contributed by atoms with Gasteiger partial charge in [0.1, 0.15) is 5.82 Å². The molecule has 1 fully saturated rings. The van der Waals surface area contributed by atoms with E-state index in [9.17, 15) is 13.2 Å². The maximum atomic E-state index is 12.4. The summed E-state index contributed by atoms with van der Waals surface area (Å²) in [6.07, 6.45) is 3.69. The number of likely N-dealkylation sites (tertiary alicyclic amines) is 1. The number of benzene rings is 1. The van der Waals surface area contributed by atoms with Gasteiger partial charge in [-0.3, -0.25) is 4.79 Å². The van der Waals surface area contributed by atoms with Gasteiger partial charge in [-0.1, -0.05) is 18.2 Å². The zero-order valence-electron chi connectivity index (χ0n) is 13.9. The molecule has 1 aromatic heterocycles. The van der Waals surface area contributed by atoms with Gasteiger partial charge in [0.15, 0.2) is 9.84 Å². The number of aromatic nitrogens is 2. The predicted octanol–water partition coefficient (Wildman–Crippen LogP) is 2.22. The van der Waals surface area contributed by atoms with Gasteiger partial charge in [-0.2, -0.15) is 0 Å². The van der Waals surface area contributed by atoms with Gasteiger partial charge in [0, 0.05) is 36.8 Å². The molecule has 0 aliphatic carbocycles. The van der Waals surface area contributed by atoms with Crippen molar-refractivity contribution in [3.05, 3.63) is 41.6 Å². The number of H-pyrrole nitrogens is 1. The zero-order valence-corrected chi connectivity index (χ0v) is 14.7. The van der Waals surface area contributed by atoms with Crippen LogP contribution in [-0.2, 0) is 14.6 Å². The number of sulfone groups is 1. The first-order chi connectivity index (χ1) is 12.0. The van der Waals surface area contributed by atoms with E-state index in [-0.39, 0.29) is 24.0 Å². The molecule has 7 heteroatoms. The number of nitrogens with zero attached hydrogens (tertiary/aromatic N) is 2. The number of rotatable bonds is 3. The summed E-state index contributed by atoms with van der Waals surface area (Å²) in [5.74, 6) is 1.27. The normalized spacial score (nSPS) is 23.4. The van der Waals surface area contributed by atoms with Crippen LogP contribution in [0.1, 0.15) is 31.0 Å². The van der Waals surface area contributed by atoms with Crippen LogP contribution in [0.3, 0.4) is 0 Å². The lowest BCUT2D eigenvalue weighted by Gasteiger charge is -2.31. The molecule has 3 heterocycles. The van der Waals surface area contributed by atoms with Gasteiger partial charge in [0.25, 0.3) is 0 Å². The van der Waals surface area contributed by atoms with Crippen molar-refractivity contribution in [3.8, 4) is 0 Å². The maximum Gasteiger partial charge on any atom is 0.223 e. The van der Waals surface area contributed by atoms with Crippen molar-refractivity contribution in [3.63, 3.8) is 0 Å². The van der Waals surface area contributed by atoms with Crippen molar-refractivity contribution in [1.29, 1.82) is 0 Å². The van der Waals surface area contributed by atoms with Crippen LogP contribution in [0.2, 0.25) is 0 Å². The van der Waals surface area contributed by atoms with Crippen LogP contribution in [0.25, 0.3) is 11.0 Å². The summed E-state index contributed by atoms with van der Waals surface area (Å²) in [5, 5.41) is 1.23. The van der Waals surface area contributed by atoms with Crippen molar-refractivity contribution in [2.45, 2.75) is 25.2 Å².